The first kappa shape index (κ1) is 26.7. The highest BCUT2D eigenvalue weighted by atomic mass is 19.1. The molecule has 0 radical (unpaired) electrons. The van der Waals surface area contributed by atoms with Crippen LogP contribution in [0.4, 0.5) is 34.3 Å². The molecule has 2 fully saturated rings. The number of aromatic nitrogens is 1. The minimum Gasteiger partial charge on any atom is -0.490 e. The Kier molecular flexibility index (Phi) is 7.01. The number of hydrogen-bond donors (Lipinski definition) is 3. The molecule has 3 aromatic rings. The summed E-state index contributed by atoms with van der Waals surface area (Å²) in [4.78, 5) is 28.5. The van der Waals surface area contributed by atoms with Crippen molar-refractivity contribution in [3.63, 3.8) is 0 Å². The van der Waals surface area contributed by atoms with Crippen LogP contribution < -0.4 is 25.1 Å². The number of carbonyl (C=O) groups excluding carboxylic acids is 1. The van der Waals surface area contributed by atoms with Crippen LogP contribution in [0.25, 0.3) is 0 Å². The number of morpholine rings is 1. The van der Waals surface area contributed by atoms with E-state index in [2.05, 4.69) is 15.6 Å². The van der Waals surface area contributed by atoms with E-state index in [1.54, 1.807) is 0 Å². The van der Waals surface area contributed by atoms with E-state index in [4.69, 9.17) is 14.2 Å². The van der Waals surface area contributed by atoms with Crippen molar-refractivity contribution in [3.05, 3.63) is 71.7 Å². The maximum Gasteiger partial charge on any atom is 0.426 e. The molecule has 1 saturated carbocycles. The Hall–Kier alpha value is -4.56. The van der Waals surface area contributed by atoms with Crippen molar-refractivity contribution in [1.29, 1.82) is 0 Å². The zero-order chi connectivity index (χ0) is 28.7. The number of urea groups is 1. The number of benzene rings is 2. The smallest absolute Gasteiger partial charge is 0.426 e. The average Bonchev–Trinajstić information content (AvgIpc) is 3.65. The van der Waals surface area contributed by atoms with Crippen LogP contribution in [0.3, 0.4) is 0 Å². The zero-order valence-electron chi connectivity index (χ0n) is 21.4. The number of carboxylic acid groups (broad SMARTS) is 1. The Balaban J connectivity index is 1.06. The van der Waals surface area contributed by atoms with Gasteiger partial charge in [0.15, 0.2) is 17.4 Å². The van der Waals surface area contributed by atoms with Crippen molar-refractivity contribution in [1.82, 2.24) is 15.3 Å². The summed E-state index contributed by atoms with van der Waals surface area (Å²) in [6.45, 7) is 1.43. The highest BCUT2D eigenvalue weighted by Crippen LogP contribution is 2.55. The molecule has 3 amide bonds. The van der Waals surface area contributed by atoms with Gasteiger partial charge in [-0.3, -0.25) is 5.32 Å². The second-order valence-electron chi connectivity index (χ2n) is 9.65. The fourth-order valence-corrected chi connectivity index (χ4v) is 5.16. The maximum atomic E-state index is 14.9. The summed E-state index contributed by atoms with van der Waals surface area (Å²) >= 11 is 0. The number of hydrazine groups is 1. The molecule has 1 aromatic heterocycles. The molecule has 1 aliphatic carbocycles. The van der Waals surface area contributed by atoms with Crippen LogP contribution >= 0.6 is 0 Å². The number of hydrogen-bond acceptors (Lipinski definition) is 7. The molecule has 11 nitrogen and oxygen atoms in total. The van der Waals surface area contributed by atoms with Crippen LogP contribution in [0.5, 0.6) is 17.2 Å². The molecular weight excluding hydrogens is 547 g/mol. The van der Waals surface area contributed by atoms with Gasteiger partial charge in [-0.15, -0.1) is 0 Å². The van der Waals surface area contributed by atoms with Crippen molar-refractivity contribution in [2.75, 3.05) is 43.2 Å². The molecule has 0 unspecified atom stereocenters. The van der Waals surface area contributed by atoms with Crippen LogP contribution in [0.15, 0.2) is 48.7 Å². The van der Waals surface area contributed by atoms with Crippen molar-refractivity contribution in [3.8, 4) is 17.2 Å². The van der Waals surface area contributed by atoms with E-state index in [1.165, 1.54) is 35.5 Å². The standard InChI is InChI=1S/C27H24F3N5O6/c28-17-3-4-18(29)25-23(17)22-16(13-40-25)24(22)33-26(36)32-21-6-2-15(12-31-21)41-14-1-5-20(19(30)11-14)35(27(37)38)34-7-9-39-10-8-34/h1-6,11-12,16,22,24H,7-10,13H2,(H,37,38)(H2,31,32,33,36)/t16-,22-,24-/m1/s1. The Morgan fingerprint density at radius 2 is 1.78 bits per heavy atom. The maximum absolute atomic E-state index is 14.9. The van der Waals surface area contributed by atoms with Crippen LogP contribution in [-0.4, -0.2) is 66.2 Å². The SMILES string of the molecule is O=C(Nc1ccc(Oc2ccc(N(C(=O)O)N3CCOCC3)c(F)c2)cn1)N[C@@H]1[C@@H]2COc3c(F)ccc(F)c3[C@@H]21. The van der Waals surface area contributed by atoms with Gasteiger partial charge in [0.05, 0.1) is 26.0 Å². The number of amides is 3. The Labute approximate surface area is 231 Å². The molecule has 14 heteroatoms. The molecule has 214 valence electrons. The lowest BCUT2D eigenvalue weighted by Gasteiger charge is -2.35. The van der Waals surface area contributed by atoms with Gasteiger partial charge in [0.1, 0.15) is 28.8 Å². The van der Waals surface area contributed by atoms with Crippen molar-refractivity contribution < 1.29 is 42.1 Å². The van der Waals surface area contributed by atoms with Gasteiger partial charge in [0, 0.05) is 42.6 Å². The fraction of sp³-hybridized carbons (Fsp3) is 0.296. The van der Waals surface area contributed by atoms with Crippen molar-refractivity contribution in [2.45, 2.75) is 12.0 Å². The molecule has 3 N–H and O–H groups in total. The summed E-state index contributed by atoms with van der Waals surface area (Å²) in [6.07, 6.45) is -0.00634. The molecular formula is C27H24F3N5O6. The number of nitrogens with one attached hydrogen (secondary N) is 2. The molecule has 41 heavy (non-hydrogen) atoms. The molecule has 3 atom stereocenters. The Bertz CT molecular complexity index is 1490. The third-order valence-corrected chi connectivity index (χ3v) is 7.13. The van der Waals surface area contributed by atoms with Crippen LogP contribution in [0.1, 0.15) is 11.5 Å². The molecule has 2 aromatic carbocycles. The second kappa shape index (κ2) is 10.8. The van der Waals surface area contributed by atoms with E-state index in [0.717, 1.165) is 23.2 Å². The predicted octanol–water partition coefficient (Wildman–Crippen LogP) is 4.32. The molecule has 3 aliphatic rings. The second-order valence-corrected chi connectivity index (χ2v) is 9.65. The van der Waals surface area contributed by atoms with E-state index in [-0.39, 0.29) is 52.8 Å². The highest BCUT2D eigenvalue weighted by Gasteiger charge is 2.57. The van der Waals surface area contributed by atoms with Gasteiger partial charge in [0.2, 0.25) is 0 Å². The summed E-state index contributed by atoms with van der Waals surface area (Å²) < 4.78 is 59.5. The van der Waals surface area contributed by atoms with Gasteiger partial charge in [-0.1, -0.05) is 0 Å². The lowest BCUT2D eigenvalue weighted by atomic mass is 10.0. The molecule has 1 saturated heterocycles. The Morgan fingerprint density at radius 1 is 1.02 bits per heavy atom. The van der Waals surface area contributed by atoms with E-state index in [0.29, 0.717) is 26.3 Å². The number of nitrogens with zero attached hydrogens (tertiary/aromatic N) is 3. The monoisotopic (exact) mass is 571 g/mol. The van der Waals surface area contributed by atoms with Gasteiger partial charge >= 0.3 is 12.1 Å². The Morgan fingerprint density at radius 3 is 2.49 bits per heavy atom. The van der Waals surface area contributed by atoms with Gasteiger partial charge in [-0.25, -0.2) is 37.8 Å². The zero-order valence-corrected chi connectivity index (χ0v) is 21.4. The molecule has 2 aliphatic heterocycles. The normalized spacial score (nSPS) is 21.1. The largest absolute Gasteiger partial charge is 0.490 e. The highest BCUT2D eigenvalue weighted by molar-refractivity contribution is 5.89. The van der Waals surface area contributed by atoms with E-state index >= 15 is 0 Å². The van der Waals surface area contributed by atoms with Crippen LogP contribution in [0.2, 0.25) is 0 Å². The summed E-state index contributed by atoms with van der Waals surface area (Å²) in [5, 5.41) is 17.3. The number of carbonyl (C=O) groups is 2. The van der Waals surface area contributed by atoms with Gasteiger partial charge in [0.25, 0.3) is 0 Å². The van der Waals surface area contributed by atoms with Crippen LogP contribution in [-0.2, 0) is 4.74 Å². The predicted molar refractivity (Wildman–Crippen MR) is 138 cm³/mol. The molecule has 6 rings (SSSR count). The lowest BCUT2D eigenvalue weighted by Crippen LogP contribution is -2.51. The third-order valence-electron chi connectivity index (χ3n) is 7.13. The fourth-order valence-electron chi connectivity index (χ4n) is 5.16. The first-order valence-corrected chi connectivity index (χ1v) is 12.8. The van der Waals surface area contributed by atoms with Crippen molar-refractivity contribution in [2.24, 2.45) is 5.92 Å². The first-order valence-electron chi connectivity index (χ1n) is 12.8. The minimum absolute atomic E-state index is 0.112. The average molecular weight is 572 g/mol. The summed E-state index contributed by atoms with van der Waals surface area (Å²) in [6, 6.07) is 7.83. The summed E-state index contributed by atoms with van der Waals surface area (Å²) in [7, 11) is 0. The topological polar surface area (TPSA) is 125 Å². The van der Waals surface area contributed by atoms with Crippen molar-refractivity contribution >= 4 is 23.6 Å². The minimum atomic E-state index is -1.32. The summed E-state index contributed by atoms with van der Waals surface area (Å²) in [5.41, 5.74) is -0.0127. The number of halogens is 3. The quantitative estimate of drug-likeness (QED) is 0.400. The molecule has 0 bridgehead atoms. The number of rotatable bonds is 6. The number of ether oxygens (including phenoxy) is 3. The van der Waals surface area contributed by atoms with Crippen LogP contribution in [0, 0.1) is 23.4 Å². The number of pyridine rings is 1. The number of fused-ring (bicyclic) bond motifs is 3. The lowest BCUT2D eigenvalue weighted by molar-refractivity contribution is 0.0320. The summed E-state index contributed by atoms with van der Waals surface area (Å²) in [5.74, 6) is -2.14. The van der Waals surface area contributed by atoms with E-state index in [1.807, 2.05) is 0 Å². The van der Waals surface area contributed by atoms with E-state index in [9.17, 15) is 27.9 Å². The third kappa shape index (κ3) is 5.30. The molecule has 3 heterocycles. The number of anilines is 2. The van der Waals surface area contributed by atoms with Gasteiger partial charge in [-0.05, 0) is 36.4 Å². The molecule has 0 spiro atoms. The van der Waals surface area contributed by atoms with Gasteiger partial charge < -0.3 is 24.6 Å². The van der Waals surface area contributed by atoms with Gasteiger partial charge in [-0.2, -0.15) is 0 Å². The first-order chi connectivity index (χ1) is 19.8. The van der Waals surface area contributed by atoms with E-state index < -0.39 is 35.6 Å².